The molecule has 0 bridgehead atoms. The van der Waals surface area contributed by atoms with E-state index in [1.807, 2.05) is 0 Å². The second kappa shape index (κ2) is 4.67. The van der Waals surface area contributed by atoms with Gasteiger partial charge in [-0.05, 0) is 6.07 Å². The van der Waals surface area contributed by atoms with Crippen LogP contribution in [-0.2, 0) is 0 Å². The van der Waals surface area contributed by atoms with Crippen molar-refractivity contribution in [2.75, 3.05) is 0 Å². The highest BCUT2D eigenvalue weighted by molar-refractivity contribution is 6.13. The first-order valence-corrected chi connectivity index (χ1v) is 5.17. The van der Waals surface area contributed by atoms with Crippen LogP contribution in [0.15, 0.2) is 48.5 Å². The van der Waals surface area contributed by atoms with Crippen molar-refractivity contribution < 1.29 is 14.8 Å². The quantitative estimate of drug-likeness (QED) is 0.510. The molecule has 18 heavy (non-hydrogen) atoms. The summed E-state index contributed by atoms with van der Waals surface area (Å²) in [5.41, 5.74) is -0.389. The maximum atomic E-state index is 12.1. The van der Waals surface area contributed by atoms with Gasteiger partial charge in [0.1, 0.15) is 11.3 Å². The smallest absolute Gasteiger partial charge is 0.284 e. The molecule has 0 unspecified atom stereocenters. The normalized spacial score (nSPS) is 10.0. The van der Waals surface area contributed by atoms with Gasteiger partial charge in [0.25, 0.3) is 5.69 Å². The summed E-state index contributed by atoms with van der Waals surface area (Å²) in [6.07, 6.45) is 0. The van der Waals surface area contributed by atoms with Crippen molar-refractivity contribution in [2.45, 2.75) is 0 Å². The van der Waals surface area contributed by atoms with Gasteiger partial charge >= 0.3 is 0 Å². The molecular formula is C13H9NO4. The van der Waals surface area contributed by atoms with E-state index in [0.29, 0.717) is 5.56 Å². The number of carbonyl (C=O) groups excluding carboxylic acids is 1. The fourth-order valence-corrected chi connectivity index (χ4v) is 1.65. The average molecular weight is 243 g/mol. The van der Waals surface area contributed by atoms with Crippen LogP contribution in [0.25, 0.3) is 0 Å². The van der Waals surface area contributed by atoms with Crippen LogP contribution in [-0.4, -0.2) is 15.8 Å². The van der Waals surface area contributed by atoms with E-state index < -0.39 is 22.1 Å². The zero-order chi connectivity index (χ0) is 13.1. The van der Waals surface area contributed by atoms with Crippen molar-refractivity contribution in [2.24, 2.45) is 0 Å². The van der Waals surface area contributed by atoms with E-state index in [-0.39, 0.29) is 5.56 Å². The Kier molecular flexibility index (Phi) is 3.05. The first-order chi connectivity index (χ1) is 8.61. The minimum absolute atomic E-state index is 0.284. The predicted molar refractivity (Wildman–Crippen MR) is 64.6 cm³/mol. The topological polar surface area (TPSA) is 80.4 Å². The zero-order valence-corrected chi connectivity index (χ0v) is 9.24. The lowest BCUT2D eigenvalue weighted by Gasteiger charge is -2.04. The van der Waals surface area contributed by atoms with Gasteiger partial charge in [0.2, 0.25) is 5.78 Å². The third-order valence-electron chi connectivity index (χ3n) is 2.48. The van der Waals surface area contributed by atoms with E-state index in [4.69, 9.17) is 0 Å². The van der Waals surface area contributed by atoms with Crippen molar-refractivity contribution in [1.29, 1.82) is 0 Å². The van der Waals surface area contributed by atoms with Gasteiger partial charge in [-0.25, -0.2) is 0 Å². The lowest BCUT2D eigenvalue weighted by atomic mass is 10.0. The molecule has 0 aromatic heterocycles. The number of aromatic hydroxyl groups is 1. The van der Waals surface area contributed by atoms with E-state index in [2.05, 4.69) is 0 Å². The summed E-state index contributed by atoms with van der Waals surface area (Å²) in [4.78, 5) is 22.3. The van der Waals surface area contributed by atoms with Gasteiger partial charge in [-0.15, -0.1) is 0 Å². The first kappa shape index (κ1) is 11.8. The predicted octanol–water partition coefficient (Wildman–Crippen LogP) is 2.53. The highest BCUT2D eigenvalue weighted by atomic mass is 16.6. The molecule has 0 atom stereocenters. The molecular weight excluding hydrogens is 234 g/mol. The van der Waals surface area contributed by atoms with E-state index >= 15 is 0 Å². The van der Waals surface area contributed by atoms with Crippen LogP contribution >= 0.6 is 0 Å². The van der Waals surface area contributed by atoms with Crippen molar-refractivity contribution in [3.8, 4) is 5.75 Å². The van der Waals surface area contributed by atoms with Crippen LogP contribution in [0.2, 0.25) is 0 Å². The largest absolute Gasteiger partial charge is 0.507 e. The van der Waals surface area contributed by atoms with Gasteiger partial charge in [0.15, 0.2) is 0 Å². The summed E-state index contributed by atoms with van der Waals surface area (Å²) >= 11 is 0. The summed E-state index contributed by atoms with van der Waals surface area (Å²) in [5, 5.41) is 20.5. The van der Waals surface area contributed by atoms with Crippen molar-refractivity contribution in [1.82, 2.24) is 0 Å². The highest BCUT2D eigenvalue weighted by Gasteiger charge is 2.24. The molecule has 5 nitrogen and oxygen atoms in total. The van der Waals surface area contributed by atoms with E-state index in [9.17, 15) is 20.0 Å². The number of rotatable bonds is 3. The van der Waals surface area contributed by atoms with Crippen LogP contribution in [0.4, 0.5) is 5.69 Å². The summed E-state index contributed by atoms with van der Waals surface area (Å²) in [7, 11) is 0. The van der Waals surface area contributed by atoms with Gasteiger partial charge in [0, 0.05) is 11.6 Å². The molecule has 0 aliphatic heterocycles. The Hall–Kier alpha value is -2.69. The molecule has 1 N–H and O–H groups in total. The Morgan fingerprint density at radius 3 is 2.33 bits per heavy atom. The highest BCUT2D eigenvalue weighted by Crippen LogP contribution is 2.29. The van der Waals surface area contributed by atoms with Crippen molar-refractivity contribution in [3.05, 3.63) is 69.8 Å². The number of phenolic OH excluding ortho intramolecular Hbond substituents is 1. The van der Waals surface area contributed by atoms with Gasteiger partial charge in [-0.3, -0.25) is 14.9 Å². The van der Waals surface area contributed by atoms with Crippen molar-refractivity contribution in [3.63, 3.8) is 0 Å². The molecule has 2 aromatic rings. The Balaban J connectivity index is 2.58. The summed E-state index contributed by atoms with van der Waals surface area (Å²) in [6, 6.07) is 11.9. The molecule has 2 aromatic carbocycles. The number of ketones is 1. The number of benzene rings is 2. The number of nitrogens with zero attached hydrogens (tertiary/aromatic N) is 1. The average Bonchev–Trinajstić information content (AvgIpc) is 2.38. The molecule has 0 amide bonds. The van der Waals surface area contributed by atoms with Crippen LogP contribution in [0.5, 0.6) is 5.75 Å². The number of hydrogen-bond acceptors (Lipinski definition) is 4. The third kappa shape index (κ3) is 2.06. The molecule has 0 radical (unpaired) electrons. The van der Waals surface area contributed by atoms with Gasteiger partial charge in [-0.2, -0.15) is 0 Å². The molecule has 0 saturated carbocycles. The van der Waals surface area contributed by atoms with Gasteiger partial charge in [-0.1, -0.05) is 36.4 Å². The molecule has 0 heterocycles. The van der Waals surface area contributed by atoms with Crippen LogP contribution in [0, 0.1) is 10.1 Å². The van der Waals surface area contributed by atoms with E-state index in [1.165, 1.54) is 18.2 Å². The first-order valence-electron chi connectivity index (χ1n) is 5.17. The number of hydrogen-bond donors (Lipinski definition) is 1. The Bertz CT molecular complexity index is 608. The van der Waals surface area contributed by atoms with Gasteiger partial charge < -0.3 is 5.11 Å². The SMILES string of the molecule is O=C(c1ccccc1)c1c(O)cccc1[N+](=O)[O-]. The molecule has 0 aliphatic carbocycles. The molecule has 0 aliphatic rings. The zero-order valence-electron chi connectivity index (χ0n) is 9.24. The lowest BCUT2D eigenvalue weighted by molar-refractivity contribution is -0.385. The Morgan fingerprint density at radius 2 is 1.72 bits per heavy atom. The van der Waals surface area contributed by atoms with Crippen LogP contribution < -0.4 is 0 Å². The maximum Gasteiger partial charge on any atom is 0.284 e. The second-order valence-corrected chi connectivity index (χ2v) is 3.62. The van der Waals surface area contributed by atoms with Crippen LogP contribution in [0.3, 0.4) is 0 Å². The second-order valence-electron chi connectivity index (χ2n) is 3.62. The maximum absolute atomic E-state index is 12.1. The molecule has 2 rings (SSSR count). The number of nitro groups is 1. The Labute approximate surface area is 102 Å². The van der Waals surface area contributed by atoms with E-state index in [1.54, 1.807) is 30.3 Å². The fourth-order valence-electron chi connectivity index (χ4n) is 1.65. The third-order valence-corrected chi connectivity index (χ3v) is 2.48. The number of phenols is 1. The molecule has 0 spiro atoms. The number of nitro benzene ring substituents is 1. The standard InChI is InChI=1S/C13H9NO4/c15-11-8-4-7-10(14(17)18)12(11)13(16)9-5-2-1-3-6-9/h1-8,15H. The minimum Gasteiger partial charge on any atom is -0.507 e. The molecule has 5 heteroatoms. The number of carbonyl (C=O) groups is 1. The summed E-state index contributed by atoms with van der Waals surface area (Å²) in [5.74, 6) is -0.960. The van der Waals surface area contributed by atoms with Crippen molar-refractivity contribution >= 4 is 11.5 Å². The monoisotopic (exact) mass is 243 g/mol. The summed E-state index contributed by atoms with van der Waals surface area (Å²) in [6.45, 7) is 0. The van der Waals surface area contributed by atoms with Gasteiger partial charge in [0.05, 0.1) is 4.92 Å². The minimum atomic E-state index is -0.685. The molecule has 0 fully saturated rings. The molecule has 90 valence electrons. The Morgan fingerprint density at radius 1 is 1.06 bits per heavy atom. The molecule has 0 saturated heterocycles. The fraction of sp³-hybridized carbons (Fsp3) is 0. The lowest BCUT2D eigenvalue weighted by Crippen LogP contribution is -2.05. The summed E-state index contributed by atoms with van der Waals surface area (Å²) < 4.78 is 0. The van der Waals surface area contributed by atoms with Crippen LogP contribution in [0.1, 0.15) is 15.9 Å². The van der Waals surface area contributed by atoms with E-state index in [0.717, 1.165) is 0 Å².